The molecule has 14 heavy (non-hydrogen) atoms. The van der Waals surface area contributed by atoms with Gasteiger partial charge in [-0.05, 0) is 13.8 Å². The molecule has 0 heterocycles. The van der Waals surface area contributed by atoms with Gasteiger partial charge in [0.05, 0.1) is 11.9 Å². The molecule has 0 aromatic heterocycles. The Bertz CT molecular complexity index is 270. The smallest absolute Gasteiger partial charge is 0.0863 e. The van der Waals surface area contributed by atoms with E-state index in [1.807, 2.05) is 13.8 Å². The summed E-state index contributed by atoms with van der Waals surface area (Å²) in [5, 5.41) is 3.90. The van der Waals surface area contributed by atoms with Gasteiger partial charge in [-0.1, -0.05) is 12.7 Å². The van der Waals surface area contributed by atoms with Crippen molar-refractivity contribution in [3.05, 3.63) is 23.9 Å². The second-order valence-electron chi connectivity index (χ2n) is 2.64. The number of aliphatic imine (C=N–C) groups is 1. The zero-order chi connectivity index (χ0) is 11.0. The fraction of sp³-hybridized carbons (Fsp3) is 0.400. The Labute approximate surface area is 85.3 Å². The van der Waals surface area contributed by atoms with Crippen molar-refractivity contribution < 1.29 is 0 Å². The van der Waals surface area contributed by atoms with Crippen LogP contribution in [0.5, 0.6) is 0 Å². The van der Waals surface area contributed by atoms with Crippen molar-refractivity contribution in [1.82, 2.24) is 5.43 Å². The lowest BCUT2D eigenvalue weighted by molar-refractivity contribution is 0.909. The summed E-state index contributed by atoms with van der Waals surface area (Å²) in [5.41, 5.74) is 10.6. The Morgan fingerprint density at radius 1 is 1.57 bits per heavy atom. The van der Waals surface area contributed by atoms with Crippen molar-refractivity contribution in [2.75, 3.05) is 13.6 Å². The monoisotopic (exact) mass is 194 g/mol. The van der Waals surface area contributed by atoms with Crippen molar-refractivity contribution in [2.45, 2.75) is 13.8 Å². The maximum atomic E-state index is 5.70. The van der Waals surface area contributed by atoms with Gasteiger partial charge in [0.2, 0.25) is 0 Å². The standard InChI is InChI=1S/C10H18N4/c1-5-9(8(3)11)10(13-6-2)7-14-12-4/h5,7,12H,1,6,11H2,2-4H3/b9-8?,13-10?,14-7-. The van der Waals surface area contributed by atoms with E-state index in [1.54, 1.807) is 19.3 Å². The molecule has 0 spiro atoms. The average molecular weight is 194 g/mol. The molecular formula is C10H18N4. The van der Waals surface area contributed by atoms with Crippen molar-refractivity contribution in [1.29, 1.82) is 0 Å². The van der Waals surface area contributed by atoms with E-state index in [0.29, 0.717) is 12.2 Å². The Balaban J connectivity index is 5.01. The number of nitrogens with one attached hydrogen (secondary N) is 1. The molecule has 4 heteroatoms. The molecule has 3 N–H and O–H groups in total. The first-order valence-corrected chi connectivity index (χ1v) is 4.50. The Hall–Kier alpha value is -1.58. The van der Waals surface area contributed by atoms with E-state index < -0.39 is 0 Å². The van der Waals surface area contributed by atoms with E-state index in [2.05, 4.69) is 22.1 Å². The second-order valence-corrected chi connectivity index (χ2v) is 2.64. The lowest BCUT2D eigenvalue weighted by atomic mass is 10.1. The Morgan fingerprint density at radius 3 is 2.57 bits per heavy atom. The highest BCUT2D eigenvalue weighted by atomic mass is 15.3. The maximum absolute atomic E-state index is 5.70. The lowest BCUT2D eigenvalue weighted by Crippen LogP contribution is -2.11. The summed E-state index contributed by atoms with van der Waals surface area (Å²) < 4.78 is 0. The minimum atomic E-state index is 0.690. The predicted molar refractivity (Wildman–Crippen MR) is 62.6 cm³/mol. The summed E-state index contributed by atoms with van der Waals surface area (Å²) in [4.78, 5) is 4.27. The van der Waals surface area contributed by atoms with Gasteiger partial charge in [-0.2, -0.15) is 5.10 Å². The summed E-state index contributed by atoms with van der Waals surface area (Å²) >= 11 is 0. The van der Waals surface area contributed by atoms with Gasteiger partial charge in [-0.3, -0.25) is 4.99 Å². The third kappa shape index (κ3) is 3.89. The maximum Gasteiger partial charge on any atom is 0.0863 e. The summed E-state index contributed by atoms with van der Waals surface area (Å²) in [6.07, 6.45) is 3.32. The molecule has 0 radical (unpaired) electrons. The first-order chi connectivity index (χ1) is 6.67. The molecule has 78 valence electrons. The van der Waals surface area contributed by atoms with Crippen LogP contribution in [0.2, 0.25) is 0 Å². The van der Waals surface area contributed by atoms with E-state index in [-0.39, 0.29) is 0 Å². The summed E-state index contributed by atoms with van der Waals surface area (Å²) in [6.45, 7) is 8.16. The number of allylic oxidation sites excluding steroid dienone is 3. The average Bonchev–Trinajstić information content (AvgIpc) is 2.14. The van der Waals surface area contributed by atoms with E-state index >= 15 is 0 Å². The van der Waals surface area contributed by atoms with Crippen LogP contribution in [0.3, 0.4) is 0 Å². The molecule has 0 rings (SSSR count). The molecule has 0 saturated heterocycles. The predicted octanol–water partition coefficient (Wildman–Crippen LogP) is 1.07. The summed E-state index contributed by atoms with van der Waals surface area (Å²) in [5.74, 6) is 0. The molecule has 0 atom stereocenters. The number of hydrazone groups is 1. The number of nitrogens with zero attached hydrogens (tertiary/aromatic N) is 2. The van der Waals surface area contributed by atoms with Gasteiger partial charge in [0.15, 0.2) is 0 Å². The zero-order valence-corrected chi connectivity index (χ0v) is 9.04. The van der Waals surface area contributed by atoms with Crippen LogP contribution in [0.4, 0.5) is 0 Å². The molecular weight excluding hydrogens is 176 g/mol. The van der Waals surface area contributed by atoms with E-state index in [1.165, 1.54) is 0 Å². The fourth-order valence-electron chi connectivity index (χ4n) is 0.959. The molecule has 0 aliphatic heterocycles. The van der Waals surface area contributed by atoms with Crippen LogP contribution in [0, 0.1) is 0 Å². The molecule has 0 amide bonds. The normalized spacial score (nSPS) is 14.1. The summed E-state index contributed by atoms with van der Waals surface area (Å²) in [6, 6.07) is 0. The molecule has 0 aromatic carbocycles. The largest absolute Gasteiger partial charge is 0.402 e. The van der Waals surface area contributed by atoms with Gasteiger partial charge in [-0.25, -0.2) is 0 Å². The fourth-order valence-corrected chi connectivity index (χ4v) is 0.959. The molecule has 0 unspecified atom stereocenters. The Kier molecular flexibility index (Phi) is 6.11. The van der Waals surface area contributed by atoms with Gasteiger partial charge in [0.25, 0.3) is 0 Å². The quantitative estimate of drug-likeness (QED) is 0.390. The minimum absolute atomic E-state index is 0.690. The first kappa shape index (κ1) is 12.4. The topological polar surface area (TPSA) is 62.8 Å². The van der Waals surface area contributed by atoms with E-state index in [0.717, 1.165) is 11.3 Å². The number of hydrogen-bond acceptors (Lipinski definition) is 4. The van der Waals surface area contributed by atoms with Crippen LogP contribution in [0.1, 0.15) is 13.8 Å². The van der Waals surface area contributed by atoms with Crippen LogP contribution in [0.15, 0.2) is 34.0 Å². The molecule has 4 nitrogen and oxygen atoms in total. The zero-order valence-electron chi connectivity index (χ0n) is 9.04. The van der Waals surface area contributed by atoms with Gasteiger partial charge in [-0.15, -0.1) is 0 Å². The van der Waals surface area contributed by atoms with Crippen molar-refractivity contribution in [3.8, 4) is 0 Å². The molecule has 0 aliphatic carbocycles. The summed E-state index contributed by atoms with van der Waals surface area (Å²) in [7, 11) is 1.73. The second kappa shape index (κ2) is 6.88. The van der Waals surface area contributed by atoms with Crippen LogP contribution in [-0.2, 0) is 0 Å². The van der Waals surface area contributed by atoms with Crippen LogP contribution < -0.4 is 11.2 Å². The third-order valence-corrected chi connectivity index (χ3v) is 1.55. The van der Waals surface area contributed by atoms with Gasteiger partial charge < -0.3 is 11.2 Å². The molecule has 0 bridgehead atoms. The van der Waals surface area contributed by atoms with Gasteiger partial charge in [0.1, 0.15) is 0 Å². The number of nitrogens with two attached hydrogens (primary N) is 1. The van der Waals surface area contributed by atoms with Gasteiger partial charge in [0, 0.05) is 24.9 Å². The highest BCUT2D eigenvalue weighted by molar-refractivity contribution is 6.39. The molecule has 0 fully saturated rings. The van der Waals surface area contributed by atoms with Crippen LogP contribution in [0.25, 0.3) is 0 Å². The van der Waals surface area contributed by atoms with Crippen molar-refractivity contribution >= 4 is 11.9 Å². The molecule has 0 aromatic rings. The van der Waals surface area contributed by atoms with Gasteiger partial charge >= 0.3 is 0 Å². The lowest BCUT2D eigenvalue weighted by Gasteiger charge is -2.03. The van der Waals surface area contributed by atoms with Crippen LogP contribution in [-0.4, -0.2) is 25.5 Å². The van der Waals surface area contributed by atoms with Crippen molar-refractivity contribution in [3.63, 3.8) is 0 Å². The number of rotatable bonds is 5. The first-order valence-electron chi connectivity index (χ1n) is 4.50. The highest BCUT2D eigenvalue weighted by Gasteiger charge is 2.02. The Morgan fingerprint density at radius 2 is 2.21 bits per heavy atom. The minimum Gasteiger partial charge on any atom is -0.402 e. The number of hydrogen-bond donors (Lipinski definition) is 2. The third-order valence-electron chi connectivity index (χ3n) is 1.55. The highest BCUT2D eigenvalue weighted by Crippen LogP contribution is 2.02. The molecule has 0 aliphatic rings. The van der Waals surface area contributed by atoms with Crippen LogP contribution >= 0.6 is 0 Å². The SMILES string of the molecule is C=CC(C(/C=N\NC)=NCC)=C(C)N. The van der Waals surface area contributed by atoms with Crippen molar-refractivity contribution in [2.24, 2.45) is 15.8 Å². The van der Waals surface area contributed by atoms with E-state index in [9.17, 15) is 0 Å². The van der Waals surface area contributed by atoms with E-state index in [4.69, 9.17) is 5.73 Å². The molecule has 0 saturated carbocycles.